The SMILES string of the molecule is CCCNc1ncc(CN2CC(=O)NC(=O)C2)s1. The molecule has 0 radical (unpaired) electrons. The number of carbonyl (C=O) groups excluding carboxylic acids is 2. The first-order valence-corrected chi connectivity index (χ1v) is 6.72. The summed E-state index contributed by atoms with van der Waals surface area (Å²) in [5, 5.41) is 6.38. The molecule has 98 valence electrons. The Bertz CT molecular complexity index is 430. The van der Waals surface area contributed by atoms with Gasteiger partial charge in [0.1, 0.15) is 0 Å². The molecule has 2 rings (SSSR count). The van der Waals surface area contributed by atoms with Gasteiger partial charge in [-0.05, 0) is 6.42 Å². The van der Waals surface area contributed by atoms with Crippen molar-refractivity contribution in [1.82, 2.24) is 15.2 Å². The highest BCUT2D eigenvalue weighted by atomic mass is 32.1. The predicted molar refractivity (Wildman–Crippen MR) is 69.3 cm³/mol. The van der Waals surface area contributed by atoms with E-state index >= 15 is 0 Å². The summed E-state index contributed by atoms with van der Waals surface area (Å²) in [4.78, 5) is 29.6. The lowest BCUT2D eigenvalue weighted by Gasteiger charge is -2.24. The molecule has 2 amide bonds. The van der Waals surface area contributed by atoms with Gasteiger partial charge in [0.2, 0.25) is 11.8 Å². The average Bonchev–Trinajstić information content (AvgIpc) is 2.72. The first kappa shape index (κ1) is 13.0. The van der Waals surface area contributed by atoms with E-state index in [0.29, 0.717) is 6.54 Å². The maximum absolute atomic E-state index is 11.2. The fraction of sp³-hybridized carbons (Fsp3) is 0.545. The lowest BCUT2D eigenvalue weighted by atomic mass is 10.3. The Morgan fingerprint density at radius 1 is 1.44 bits per heavy atom. The van der Waals surface area contributed by atoms with E-state index in [-0.39, 0.29) is 24.9 Å². The number of hydrogen-bond donors (Lipinski definition) is 2. The second kappa shape index (κ2) is 5.92. The zero-order chi connectivity index (χ0) is 13.0. The summed E-state index contributed by atoms with van der Waals surface area (Å²) >= 11 is 1.56. The molecule has 0 atom stereocenters. The van der Waals surface area contributed by atoms with E-state index in [1.165, 1.54) is 0 Å². The quantitative estimate of drug-likeness (QED) is 0.757. The van der Waals surface area contributed by atoms with Crippen LogP contribution in [0.1, 0.15) is 18.2 Å². The number of carbonyl (C=O) groups is 2. The minimum Gasteiger partial charge on any atom is -0.362 e. The van der Waals surface area contributed by atoms with Crippen molar-refractivity contribution in [3.63, 3.8) is 0 Å². The summed E-state index contributed by atoms with van der Waals surface area (Å²) in [5.74, 6) is -0.472. The van der Waals surface area contributed by atoms with Crippen LogP contribution in [0.3, 0.4) is 0 Å². The summed E-state index contributed by atoms with van der Waals surface area (Å²) in [6.07, 6.45) is 2.84. The molecule has 0 saturated carbocycles. The van der Waals surface area contributed by atoms with E-state index in [1.807, 2.05) is 4.90 Å². The standard InChI is InChI=1S/C11H16N4O2S/c1-2-3-12-11-13-4-8(18-11)5-15-6-9(16)14-10(17)7-15/h4H,2-3,5-7H2,1H3,(H,12,13)(H,14,16,17). The van der Waals surface area contributed by atoms with Crippen LogP contribution in [0.4, 0.5) is 5.13 Å². The smallest absolute Gasteiger partial charge is 0.240 e. The summed E-state index contributed by atoms with van der Waals surface area (Å²) in [7, 11) is 0. The van der Waals surface area contributed by atoms with Gasteiger partial charge in [0.05, 0.1) is 13.1 Å². The number of amides is 2. The number of nitrogens with zero attached hydrogens (tertiary/aromatic N) is 2. The predicted octanol–water partition coefficient (Wildman–Crippen LogP) is 0.423. The largest absolute Gasteiger partial charge is 0.362 e. The van der Waals surface area contributed by atoms with Gasteiger partial charge in [-0.15, -0.1) is 11.3 Å². The van der Waals surface area contributed by atoms with Gasteiger partial charge in [0.25, 0.3) is 0 Å². The third-order valence-corrected chi connectivity index (χ3v) is 3.41. The van der Waals surface area contributed by atoms with Gasteiger partial charge in [-0.1, -0.05) is 6.92 Å². The number of anilines is 1. The molecular formula is C11H16N4O2S. The molecule has 1 aromatic rings. The molecule has 0 spiro atoms. The summed E-state index contributed by atoms with van der Waals surface area (Å²) < 4.78 is 0. The number of thiazole rings is 1. The van der Waals surface area contributed by atoms with E-state index < -0.39 is 0 Å². The Hall–Kier alpha value is -1.47. The molecular weight excluding hydrogens is 252 g/mol. The van der Waals surface area contributed by atoms with Crippen LogP contribution in [0.2, 0.25) is 0 Å². The van der Waals surface area contributed by atoms with Gasteiger partial charge in [0.15, 0.2) is 5.13 Å². The molecule has 7 heteroatoms. The third kappa shape index (κ3) is 3.51. The van der Waals surface area contributed by atoms with Crippen molar-refractivity contribution in [3.8, 4) is 0 Å². The second-order valence-electron chi connectivity index (χ2n) is 4.18. The molecule has 0 unspecified atom stereocenters. The Balaban J connectivity index is 1.90. The Kier molecular flexibility index (Phi) is 4.27. The minimum atomic E-state index is -0.236. The van der Waals surface area contributed by atoms with Crippen molar-refractivity contribution in [3.05, 3.63) is 11.1 Å². The van der Waals surface area contributed by atoms with Crippen LogP contribution in [0.25, 0.3) is 0 Å². The van der Waals surface area contributed by atoms with Gasteiger partial charge in [-0.25, -0.2) is 4.98 Å². The molecule has 2 heterocycles. The highest BCUT2D eigenvalue weighted by molar-refractivity contribution is 7.15. The van der Waals surface area contributed by atoms with E-state index in [1.54, 1.807) is 17.5 Å². The first-order chi connectivity index (χ1) is 8.67. The summed E-state index contributed by atoms with van der Waals surface area (Å²) in [6.45, 7) is 4.12. The number of aromatic nitrogens is 1. The number of imide groups is 1. The third-order valence-electron chi connectivity index (χ3n) is 2.47. The van der Waals surface area contributed by atoms with Crippen molar-refractivity contribution in [2.45, 2.75) is 19.9 Å². The normalized spacial score (nSPS) is 16.7. The molecule has 6 nitrogen and oxygen atoms in total. The van der Waals surface area contributed by atoms with E-state index in [0.717, 1.165) is 23.0 Å². The van der Waals surface area contributed by atoms with Gasteiger partial charge in [-0.2, -0.15) is 0 Å². The van der Waals surface area contributed by atoms with Gasteiger partial charge in [0, 0.05) is 24.2 Å². The van der Waals surface area contributed by atoms with E-state index in [4.69, 9.17) is 0 Å². The number of rotatable bonds is 5. The number of piperazine rings is 1. The molecule has 1 saturated heterocycles. The molecule has 0 aliphatic carbocycles. The average molecular weight is 268 g/mol. The van der Waals surface area contributed by atoms with Crippen molar-refractivity contribution in [2.24, 2.45) is 0 Å². The highest BCUT2D eigenvalue weighted by Gasteiger charge is 2.22. The van der Waals surface area contributed by atoms with Gasteiger partial charge >= 0.3 is 0 Å². The summed E-state index contributed by atoms with van der Waals surface area (Å²) in [6, 6.07) is 0. The van der Waals surface area contributed by atoms with Crippen LogP contribution < -0.4 is 10.6 Å². The summed E-state index contributed by atoms with van der Waals surface area (Å²) in [5.41, 5.74) is 0. The lowest BCUT2D eigenvalue weighted by Crippen LogP contribution is -2.50. The minimum absolute atomic E-state index is 0.236. The van der Waals surface area contributed by atoms with Crippen LogP contribution in [0.15, 0.2) is 6.20 Å². The van der Waals surface area contributed by atoms with Gasteiger partial charge < -0.3 is 5.32 Å². The fourth-order valence-corrected chi connectivity index (χ4v) is 2.60. The van der Waals surface area contributed by atoms with Crippen LogP contribution >= 0.6 is 11.3 Å². The molecule has 1 aliphatic heterocycles. The zero-order valence-electron chi connectivity index (χ0n) is 10.2. The molecule has 1 aromatic heterocycles. The Morgan fingerprint density at radius 2 is 2.17 bits per heavy atom. The maximum atomic E-state index is 11.2. The first-order valence-electron chi connectivity index (χ1n) is 5.91. The molecule has 2 N–H and O–H groups in total. The second-order valence-corrected chi connectivity index (χ2v) is 5.29. The lowest BCUT2D eigenvalue weighted by molar-refractivity contribution is -0.136. The fourth-order valence-electron chi connectivity index (χ4n) is 1.72. The van der Waals surface area contributed by atoms with Crippen LogP contribution in [-0.2, 0) is 16.1 Å². The molecule has 1 fully saturated rings. The van der Waals surface area contributed by atoms with Crippen LogP contribution in [0.5, 0.6) is 0 Å². The molecule has 18 heavy (non-hydrogen) atoms. The van der Waals surface area contributed by atoms with Crippen molar-refractivity contribution >= 4 is 28.3 Å². The van der Waals surface area contributed by atoms with Crippen molar-refractivity contribution in [2.75, 3.05) is 25.0 Å². The van der Waals surface area contributed by atoms with Gasteiger partial charge in [-0.3, -0.25) is 19.8 Å². The Labute approximate surface area is 109 Å². The van der Waals surface area contributed by atoms with Crippen LogP contribution in [0, 0.1) is 0 Å². The number of hydrogen-bond acceptors (Lipinski definition) is 6. The van der Waals surface area contributed by atoms with E-state index in [2.05, 4.69) is 22.5 Å². The highest BCUT2D eigenvalue weighted by Crippen LogP contribution is 2.19. The van der Waals surface area contributed by atoms with Crippen molar-refractivity contribution < 1.29 is 9.59 Å². The maximum Gasteiger partial charge on any atom is 0.240 e. The van der Waals surface area contributed by atoms with Crippen molar-refractivity contribution in [1.29, 1.82) is 0 Å². The topological polar surface area (TPSA) is 74.3 Å². The molecule has 1 aliphatic rings. The van der Waals surface area contributed by atoms with Crippen LogP contribution in [-0.4, -0.2) is 41.3 Å². The zero-order valence-corrected chi connectivity index (χ0v) is 11.0. The molecule has 0 bridgehead atoms. The molecule has 0 aromatic carbocycles. The monoisotopic (exact) mass is 268 g/mol. The Morgan fingerprint density at radius 3 is 2.83 bits per heavy atom. The number of nitrogens with one attached hydrogen (secondary N) is 2. The van der Waals surface area contributed by atoms with E-state index in [9.17, 15) is 9.59 Å².